The van der Waals surface area contributed by atoms with Crippen LogP contribution in [0.2, 0.25) is 0 Å². The Hall–Kier alpha value is -2.14. The van der Waals surface area contributed by atoms with Crippen LogP contribution in [0, 0.1) is 5.41 Å². The highest BCUT2D eigenvalue weighted by atomic mass is 79.9. The zero-order valence-electron chi connectivity index (χ0n) is 14.9. The Bertz CT molecular complexity index is 754. The second-order valence-corrected chi connectivity index (χ2v) is 7.86. The van der Waals surface area contributed by atoms with Crippen molar-refractivity contribution in [2.45, 2.75) is 33.7 Å². The number of carbonyl (C=O) groups excluding carboxylic acids is 2. The number of benzene rings is 2. The minimum Gasteiger partial charge on any atom is -0.267 e. The van der Waals surface area contributed by atoms with E-state index >= 15 is 0 Å². The van der Waals surface area contributed by atoms with Crippen LogP contribution in [0.3, 0.4) is 0 Å². The van der Waals surface area contributed by atoms with E-state index in [9.17, 15) is 9.59 Å². The van der Waals surface area contributed by atoms with Gasteiger partial charge in [-0.2, -0.15) is 0 Å². The molecule has 25 heavy (non-hydrogen) atoms. The minimum atomic E-state index is -0.308. The van der Waals surface area contributed by atoms with E-state index in [1.807, 2.05) is 45.9 Å². The Morgan fingerprint density at radius 3 is 2.12 bits per heavy atom. The second kappa shape index (κ2) is 7.83. The van der Waals surface area contributed by atoms with Crippen molar-refractivity contribution in [3.63, 3.8) is 0 Å². The van der Waals surface area contributed by atoms with Crippen molar-refractivity contribution in [3.05, 3.63) is 70.2 Å². The van der Waals surface area contributed by atoms with Gasteiger partial charge in [0.2, 0.25) is 0 Å². The number of hydrazine groups is 1. The summed E-state index contributed by atoms with van der Waals surface area (Å²) in [5.74, 6) is -0.559. The summed E-state index contributed by atoms with van der Waals surface area (Å²) in [6.45, 7) is 8.03. The molecule has 0 saturated heterocycles. The van der Waals surface area contributed by atoms with Gasteiger partial charge in [-0.15, -0.1) is 0 Å². The largest absolute Gasteiger partial charge is 0.273 e. The first-order valence-corrected chi connectivity index (χ1v) is 8.95. The minimum absolute atomic E-state index is 0.207. The Kier molecular flexibility index (Phi) is 6.01. The summed E-state index contributed by atoms with van der Waals surface area (Å²) in [5, 5.41) is 1.43. The van der Waals surface area contributed by atoms with E-state index in [0.29, 0.717) is 15.6 Å². The maximum Gasteiger partial charge on any atom is 0.273 e. The average Bonchev–Trinajstić information content (AvgIpc) is 2.58. The summed E-state index contributed by atoms with van der Waals surface area (Å²) >= 11 is 3.42. The van der Waals surface area contributed by atoms with E-state index in [-0.39, 0.29) is 23.3 Å². The Morgan fingerprint density at radius 2 is 1.56 bits per heavy atom. The normalized spacial score (nSPS) is 12.4. The second-order valence-electron chi connectivity index (χ2n) is 7.00. The van der Waals surface area contributed by atoms with Gasteiger partial charge in [0.15, 0.2) is 0 Å². The van der Waals surface area contributed by atoms with Gasteiger partial charge in [-0.3, -0.25) is 15.0 Å². The van der Waals surface area contributed by atoms with Crippen molar-refractivity contribution in [1.82, 2.24) is 10.4 Å². The molecule has 2 aromatic carbocycles. The molecule has 0 aromatic heterocycles. The molecule has 0 radical (unpaired) electrons. The van der Waals surface area contributed by atoms with E-state index < -0.39 is 0 Å². The average molecular weight is 403 g/mol. The third-order valence-electron chi connectivity index (χ3n) is 4.22. The first-order chi connectivity index (χ1) is 11.7. The molecule has 2 aromatic rings. The molecule has 1 N–H and O–H groups in total. The van der Waals surface area contributed by atoms with Crippen LogP contribution in [-0.2, 0) is 0 Å². The highest BCUT2D eigenvalue weighted by Gasteiger charge is 2.32. The summed E-state index contributed by atoms with van der Waals surface area (Å²) in [4.78, 5) is 25.7. The molecule has 0 aliphatic heterocycles. The first-order valence-electron chi connectivity index (χ1n) is 8.16. The maximum atomic E-state index is 13.1. The van der Waals surface area contributed by atoms with Crippen LogP contribution in [-0.4, -0.2) is 22.9 Å². The Balaban J connectivity index is 2.35. The molecular formula is C20H23BrN2O2. The molecule has 132 valence electrons. The lowest BCUT2D eigenvalue weighted by molar-refractivity contribution is 0.0336. The molecule has 0 bridgehead atoms. The van der Waals surface area contributed by atoms with Crippen LogP contribution in [0.4, 0.5) is 0 Å². The molecule has 1 unspecified atom stereocenters. The van der Waals surface area contributed by atoms with Crippen LogP contribution in [0.1, 0.15) is 48.4 Å². The zero-order chi connectivity index (χ0) is 18.6. The van der Waals surface area contributed by atoms with Crippen molar-refractivity contribution in [2.75, 3.05) is 0 Å². The summed E-state index contributed by atoms with van der Waals surface area (Å²) in [6, 6.07) is 15.9. The molecule has 0 spiro atoms. The van der Waals surface area contributed by atoms with Gasteiger partial charge in [0.1, 0.15) is 0 Å². The van der Waals surface area contributed by atoms with Gasteiger partial charge in [0.25, 0.3) is 11.8 Å². The van der Waals surface area contributed by atoms with Gasteiger partial charge >= 0.3 is 0 Å². The lowest BCUT2D eigenvalue weighted by Crippen LogP contribution is -2.55. The molecular weight excluding hydrogens is 380 g/mol. The van der Waals surface area contributed by atoms with Crippen LogP contribution >= 0.6 is 15.9 Å². The van der Waals surface area contributed by atoms with Gasteiger partial charge in [-0.1, -0.05) is 51.1 Å². The van der Waals surface area contributed by atoms with Gasteiger partial charge in [0.05, 0.1) is 11.6 Å². The monoisotopic (exact) mass is 402 g/mol. The van der Waals surface area contributed by atoms with E-state index in [0.717, 1.165) is 0 Å². The lowest BCUT2D eigenvalue weighted by atomic mass is 9.87. The van der Waals surface area contributed by atoms with Gasteiger partial charge < -0.3 is 0 Å². The van der Waals surface area contributed by atoms with Crippen LogP contribution in [0.15, 0.2) is 59.1 Å². The third-order valence-corrected chi connectivity index (χ3v) is 4.91. The van der Waals surface area contributed by atoms with Crippen LogP contribution in [0.5, 0.6) is 0 Å². The predicted molar refractivity (Wildman–Crippen MR) is 103 cm³/mol. The molecule has 0 heterocycles. The van der Waals surface area contributed by atoms with E-state index in [1.54, 1.807) is 36.4 Å². The topological polar surface area (TPSA) is 49.4 Å². The fourth-order valence-electron chi connectivity index (χ4n) is 2.24. The molecule has 4 nitrogen and oxygen atoms in total. The number of nitrogens with zero attached hydrogens (tertiary/aromatic N) is 1. The van der Waals surface area contributed by atoms with E-state index in [4.69, 9.17) is 0 Å². The number of hydrogen-bond donors (Lipinski definition) is 1. The SMILES string of the molecule is CC(N(NC(=O)c1ccccc1)C(=O)c1ccccc1Br)C(C)(C)C. The number of halogens is 1. The quantitative estimate of drug-likeness (QED) is 0.758. The molecule has 0 fully saturated rings. The fourth-order valence-corrected chi connectivity index (χ4v) is 2.69. The van der Waals surface area contributed by atoms with Crippen LogP contribution < -0.4 is 5.43 Å². The molecule has 0 aliphatic carbocycles. The van der Waals surface area contributed by atoms with Gasteiger partial charge in [-0.05, 0) is 52.5 Å². The van der Waals surface area contributed by atoms with Crippen molar-refractivity contribution in [1.29, 1.82) is 0 Å². The number of hydrogen-bond acceptors (Lipinski definition) is 2. The predicted octanol–water partition coefficient (Wildman–Crippen LogP) is 4.67. The highest BCUT2D eigenvalue weighted by Crippen LogP contribution is 2.26. The summed E-state index contributed by atoms with van der Waals surface area (Å²) < 4.78 is 0.695. The number of rotatable bonds is 3. The van der Waals surface area contributed by atoms with Gasteiger partial charge in [-0.25, -0.2) is 5.01 Å². The highest BCUT2D eigenvalue weighted by molar-refractivity contribution is 9.10. The summed E-state index contributed by atoms with van der Waals surface area (Å²) in [7, 11) is 0. The Morgan fingerprint density at radius 1 is 1.00 bits per heavy atom. The zero-order valence-corrected chi connectivity index (χ0v) is 16.5. The molecule has 5 heteroatoms. The van der Waals surface area contributed by atoms with Crippen LogP contribution in [0.25, 0.3) is 0 Å². The molecule has 1 atom stereocenters. The van der Waals surface area contributed by atoms with Gasteiger partial charge in [0, 0.05) is 10.0 Å². The Labute approximate surface area is 157 Å². The molecule has 2 rings (SSSR count). The van der Waals surface area contributed by atoms with E-state index in [2.05, 4.69) is 21.4 Å². The van der Waals surface area contributed by atoms with Crippen molar-refractivity contribution >= 4 is 27.7 Å². The number of carbonyl (C=O) groups is 2. The smallest absolute Gasteiger partial charge is 0.267 e. The molecule has 0 saturated carbocycles. The van der Waals surface area contributed by atoms with Crippen molar-refractivity contribution < 1.29 is 9.59 Å². The standard InChI is InChI=1S/C20H23BrN2O2/c1-14(20(2,3)4)23(19(25)16-12-8-9-13-17(16)21)22-18(24)15-10-6-5-7-11-15/h5-14H,1-4H3,(H,22,24). The fraction of sp³-hybridized carbons (Fsp3) is 0.300. The van der Waals surface area contributed by atoms with E-state index in [1.165, 1.54) is 5.01 Å². The lowest BCUT2D eigenvalue weighted by Gasteiger charge is -2.37. The number of amides is 2. The summed E-state index contributed by atoms with van der Waals surface area (Å²) in [5.41, 5.74) is 3.60. The third kappa shape index (κ3) is 4.69. The molecule has 0 aliphatic rings. The summed E-state index contributed by atoms with van der Waals surface area (Å²) in [6.07, 6.45) is 0. The van der Waals surface area contributed by atoms with Crippen molar-refractivity contribution in [3.8, 4) is 0 Å². The van der Waals surface area contributed by atoms with Crippen molar-refractivity contribution in [2.24, 2.45) is 5.41 Å². The molecule has 2 amide bonds. The number of nitrogens with one attached hydrogen (secondary N) is 1. The maximum absolute atomic E-state index is 13.1. The first kappa shape index (κ1) is 19.2.